The number of carbonyl (C=O) groups is 1. The molecule has 2 atom stereocenters. The van der Waals surface area contributed by atoms with Crippen LogP contribution >= 0.6 is 0 Å². The zero-order valence-electron chi connectivity index (χ0n) is 9.96. The Hall–Kier alpha value is -2.17. The van der Waals surface area contributed by atoms with Crippen LogP contribution in [0.2, 0.25) is 0 Å². The number of hydrogen-bond acceptors (Lipinski definition) is 4. The summed E-state index contributed by atoms with van der Waals surface area (Å²) in [5, 5.41) is 10.3. The third-order valence-electron chi connectivity index (χ3n) is 3.21. The lowest BCUT2D eigenvalue weighted by molar-refractivity contribution is -0.117. The predicted molar refractivity (Wildman–Crippen MR) is 65.6 cm³/mol. The summed E-state index contributed by atoms with van der Waals surface area (Å²) in [7, 11) is 0. The molecule has 1 aliphatic carbocycles. The van der Waals surface area contributed by atoms with Crippen LogP contribution in [0.15, 0.2) is 35.1 Å². The molecule has 5 nitrogen and oxygen atoms in total. The standard InChI is InChI=1S/C13H13N3O2/c1-8-6-11(8)12(17)15-10-4-2-9(3-5-10)13-16-14-7-18-13/h2-5,7-8,11H,6H2,1H3,(H,15,17)/t8-,11+/m0/s1. The first-order chi connectivity index (χ1) is 8.74. The fraction of sp³-hybridized carbons (Fsp3) is 0.308. The summed E-state index contributed by atoms with van der Waals surface area (Å²) >= 11 is 0. The molecule has 5 heteroatoms. The predicted octanol–water partition coefficient (Wildman–Crippen LogP) is 2.33. The van der Waals surface area contributed by atoms with E-state index in [2.05, 4.69) is 22.4 Å². The highest BCUT2D eigenvalue weighted by atomic mass is 16.4. The van der Waals surface area contributed by atoms with Gasteiger partial charge in [-0.05, 0) is 36.6 Å². The van der Waals surface area contributed by atoms with Crippen LogP contribution in [-0.4, -0.2) is 16.1 Å². The molecule has 2 aromatic rings. The van der Waals surface area contributed by atoms with Crippen LogP contribution in [0.3, 0.4) is 0 Å². The van der Waals surface area contributed by atoms with E-state index in [1.165, 1.54) is 6.39 Å². The minimum Gasteiger partial charge on any atom is -0.423 e. The summed E-state index contributed by atoms with van der Waals surface area (Å²) in [6, 6.07) is 7.37. The van der Waals surface area contributed by atoms with Gasteiger partial charge < -0.3 is 9.73 Å². The highest BCUT2D eigenvalue weighted by Crippen LogP contribution is 2.38. The number of nitrogens with one attached hydrogen (secondary N) is 1. The summed E-state index contributed by atoms with van der Waals surface area (Å²) < 4.78 is 5.09. The van der Waals surface area contributed by atoms with E-state index in [0.717, 1.165) is 17.7 Å². The molecular formula is C13H13N3O2. The van der Waals surface area contributed by atoms with Crippen molar-refractivity contribution in [1.82, 2.24) is 10.2 Å². The Morgan fingerprint density at radius 2 is 2.11 bits per heavy atom. The fourth-order valence-electron chi connectivity index (χ4n) is 1.92. The van der Waals surface area contributed by atoms with Gasteiger partial charge in [-0.15, -0.1) is 10.2 Å². The number of rotatable bonds is 3. The second-order valence-electron chi connectivity index (χ2n) is 4.63. The van der Waals surface area contributed by atoms with Gasteiger partial charge in [0.2, 0.25) is 18.2 Å². The lowest BCUT2D eigenvalue weighted by atomic mass is 10.2. The first-order valence-corrected chi connectivity index (χ1v) is 5.91. The lowest BCUT2D eigenvalue weighted by Crippen LogP contribution is -2.14. The van der Waals surface area contributed by atoms with E-state index in [9.17, 15) is 4.79 Å². The summed E-state index contributed by atoms with van der Waals surface area (Å²) in [5.74, 6) is 1.28. The minimum atomic E-state index is 0.105. The van der Waals surface area contributed by atoms with Crippen LogP contribution in [0.5, 0.6) is 0 Å². The largest absolute Gasteiger partial charge is 0.423 e. The molecule has 1 aromatic heterocycles. The molecule has 0 bridgehead atoms. The number of carbonyl (C=O) groups excluding carboxylic acids is 1. The summed E-state index contributed by atoms with van der Waals surface area (Å²) in [6.07, 6.45) is 2.28. The molecule has 3 rings (SSSR count). The molecule has 1 saturated carbocycles. The van der Waals surface area contributed by atoms with E-state index >= 15 is 0 Å². The number of benzene rings is 1. The number of amides is 1. The highest BCUT2D eigenvalue weighted by Gasteiger charge is 2.38. The van der Waals surface area contributed by atoms with Crippen LogP contribution in [0.1, 0.15) is 13.3 Å². The van der Waals surface area contributed by atoms with E-state index in [4.69, 9.17) is 4.42 Å². The van der Waals surface area contributed by atoms with Gasteiger partial charge in [-0.1, -0.05) is 6.92 Å². The van der Waals surface area contributed by atoms with E-state index in [1.54, 1.807) is 0 Å². The first-order valence-electron chi connectivity index (χ1n) is 5.91. The van der Waals surface area contributed by atoms with Crippen LogP contribution in [0.4, 0.5) is 5.69 Å². The summed E-state index contributed by atoms with van der Waals surface area (Å²) in [4.78, 5) is 11.7. The van der Waals surface area contributed by atoms with Crippen molar-refractivity contribution in [2.24, 2.45) is 11.8 Å². The zero-order chi connectivity index (χ0) is 12.5. The maximum atomic E-state index is 11.7. The normalized spacial score (nSPS) is 21.6. The molecule has 1 aliphatic rings. The second kappa shape index (κ2) is 4.25. The van der Waals surface area contributed by atoms with E-state index in [-0.39, 0.29) is 11.8 Å². The molecule has 1 amide bonds. The van der Waals surface area contributed by atoms with Crippen LogP contribution in [-0.2, 0) is 4.79 Å². The minimum absolute atomic E-state index is 0.105. The van der Waals surface area contributed by atoms with Crippen molar-refractivity contribution in [3.8, 4) is 11.5 Å². The first kappa shape index (κ1) is 11.0. The average molecular weight is 243 g/mol. The third kappa shape index (κ3) is 2.11. The summed E-state index contributed by atoms with van der Waals surface area (Å²) in [6.45, 7) is 2.09. The number of nitrogens with zero attached hydrogens (tertiary/aromatic N) is 2. The van der Waals surface area contributed by atoms with E-state index in [1.807, 2.05) is 24.3 Å². The monoisotopic (exact) mass is 243 g/mol. The van der Waals surface area contributed by atoms with Crippen LogP contribution in [0.25, 0.3) is 11.5 Å². The van der Waals surface area contributed by atoms with Crippen molar-refractivity contribution in [2.45, 2.75) is 13.3 Å². The fourth-order valence-corrected chi connectivity index (χ4v) is 1.92. The van der Waals surface area contributed by atoms with Gasteiger partial charge >= 0.3 is 0 Å². The Kier molecular flexibility index (Phi) is 2.59. The van der Waals surface area contributed by atoms with Crippen molar-refractivity contribution in [1.29, 1.82) is 0 Å². The van der Waals surface area contributed by atoms with Crippen molar-refractivity contribution in [3.63, 3.8) is 0 Å². The van der Waals surface area contributed by atoms with Crippen molar-refractivity contribution in [2.75, 3.05) is 5.32 Å². The SMILES string of the molecule is C[C@H]1C[C@H]1C(=O)Nc1ccc(-c2nnco2)cc1. The Balaban J connectivity index is 1.69. The van der Waals surface area contributed by atoms with Crippen molar-refractivity contribution >= 4 is 11.6 Å². The Labute approximate surface area is 104 Å². The number of anilines is 1. The van der Waals surface area contributed by atoms with E-state index in [0.29, 0.717) is 11.8 Å². The molecule has 0 unspecified atom stereocenters. The topological polar surface area (TPSA) is 68.0 Å². The summed E-state index contributed by atoms with van der Waals surface area (Å²) in [5.41, 5.74) is 1.63. The third-order valence-corrected chi connectivity index (χ3v) is 3.21. The van der Waals surface area contributed by atoms with Crippen LogP contribution < -0.4 is 5.32 Å². The molecule has 1 heterocycles. The molecule has 92 valence electrons. The Bertz CT molecular complexity index is 548. The maximum Gasteiger partial charge on any atom is 0.247 e. The molecule has 0 radical (unpaired) electrons. The van der Waals surface area contributed by atoms with Gasteiger partial charge in [0.15, 0.2) is 0 Å². The lowest BCUT2D eigenvalue weighted by Gasteiger charge is -2.04. The second-order valence-corrected chi connectivity index (χ2v) is 4.63. The zero-order valence-corrected chi connectivity index (χ0v) is 9.96. The molecule has 0 aliphatic heterocycles. The highest BCUT2D eigenvalue weighted by molar-refractivity contribution is 5.94. The molecular weight excluding hydrogens is 230 g/mol. The van der Waals surface area contributed by atoms with Gasteiger partial charge in [0.25, 0.3) is 0 Å². The van der Waals surface area contributed by atoms with Crippen LogP contribution in [0, 0.1) is 11.8 Å². The molecule has 1 fully saturated rings. The maximum absolute atomic E-state index is 11.7. The van der Waals surface area contributed by atoms with Crippen molar-refractivity contribution in [3.05, 3.63) is 30.7 Å². The smallest absolute Gasteiger partial charge is 0.247 e. The Morgan fingerprint density at radius 1 is 1.39 bits per heavy atom. The van der Waals surface area contributed by atoms with Gasteiger partial charge in [0, 0.05) is 17.2 Å². The molecule has 1 aromatic carbocycles. The molecule has 18 heavy (non-hydrogen) atoms. The van der Waals surface area contributed by atoms with Gasteiger partial charge in [-0.3, -0.25) is 4.79 Å². The quantitative estimate of drug-likeness (QED) is 0.898. The number of hydrogen-bond donors (Lipinski definition) is 1. The van der Waals surface area contributed by atoms with Gasteiger partial charge in [0.05, 0.1) is 0 Å². The van der Waals surface area contributed by atoms with Gasteiger partial charge in [-0.25, -0.2) is 0 Å². The van der Waals surface area contributed by atoms with E-state index < -0.39 is 0 Å². The Morgan fingerprint density at radius 3 is 2.67 bits per heavy atom. The van der Waals surface area contributed by atoms with Crippen molar-refractivity contribution < 1.29 is 9.21 Å². The molecule has 0 saturated heterocycles. The molecule has 0 spiro atoms. The van der Waals surface area contributed by atoms with Gasteiger partial charge in [0.1, 0.15) is 0 Å². The number of aromatic nitrogens is 2. The van der Waals surface area contributed by atoms with Gasteiger partial charge in [-0.2, -0.15) is 0 Å². The average Bonchev–Trinajstić information content (AvgIpc) is 2.91. The molecule has 1 N–H and O–H groups in total.